The van der Waals surface area contributed by atoms with E-state index in [4.69, 9.17) is 5.73 Å². The topological polar surface area (TPSA) is 35.2 Å². The average molecular weight is 185 g/mol. The SMILES string of the molecule is C=C(OC)c1cc(F)c(N)cc1F. The Bertz CT molecular complexity index is 350. The van der Waals surface area contributed by atoms with Crippen molar-refractivity contribution in [3.63, 3.8) is 0 Å². The van der Waals surface area contributed by atoms with Crippen LogP contribution in [-0.4, -0.2) is 7.11 Å². The Labute approximate surface area is 74.6 Å². The fraction of sp³-hybridized carbons (Fsp3) is 0.111. The van der Waals surface area contributed by atoms with E-state index in [2.05, 4.69) is 11.3 Å². The molecular formula is C9H9F2NO. The molecule has 0 aliphatic carbocycles. The van der Waals surface area contributed by atoms with Crippen molar-refractivity contribution in [3.05, 3.63) is 35.9 Å². The first kappa shape index (κ1) is 9.51. The summed E-state index contributed by atoms with van der Waals surface area (Å²) in [5, 5.41) is 0. The van der Waals surface area contributed by atoms with Crippen LogP contribution >= 0.6 is 0 Å². The van der Waals surface area contributed by atoms with E-state index in [-0.39, 0.29) is 17.0 Å². The van der Waals surface area contributed by atoms with Gasteiger partial charge in [-0.05, 0) is 6.07 Å². The second-order valence-corrected chi connectivity index (χ2v) is 2.48. The van der Waals surface area contributed by atoms with Crippen molar-refractivity contribution in [1.29, 1.82) is 0 Å². The smallest absolute Gasteiger partial charge is 0.147 e. The zero-order chi connectivity index (χ0) is 10.0. The van der Waals surface area contributed by atoms with E-state index in [0.717, 1.165) is 12.1 Å². The van der Waals surface area contributed by atoms with Crippen molar-refractivity contribution in [2.45, 2.75) is 0 Å². The highest BCUT2D eigenvalue weighted by Gasteiger charge is 2.10. The van der Waals surface area contributed by atoms with Crippen LogP contribution < -0.4 is 5.73 Å². The third kappa shape index (κ3) is 1.77. The van der Waals surface area contributed by atoms with E-state index < -0.39 is 11.6 Å². The largest absolute Gasteiger partial charge is 0.497 e. The molecule has 1 rings (SSSR count). The van der Waals surface area contributed by atoms with Crippen molar-refractivity contribution >= 4 is 11.4 Å². The van der Waals surface area contributed by atoms with E-state index in [1.54, 1.807) is 0 Å². The zero-order valence-electron chi connectivity index (χ0n) is 7.10. The van der Waals surface area contributed by atoms with Crippen LogP contribution in [0.1, 0.15) is 5.56 Å². The summed E-state index contributed by atoms with van der Waals surface area (Å²) >= 11 is 0. The number of methoxy groups -OCH3 is 1. The molecule has 2 nitrogen and oxygen atoms in total. The first-order valence-electron chi connectivity index (χ1n) is 3.54. The Kier molecular flexibility index (Phi) is 2.51. The highest BCUT2D eigenvalue weighted by molar-refractivity contribution is 5.60. The van der Waals surface area contributed by atoms with Crippen molar-refractivity contribution in [3.8, 4) is 0 Å². The van der Waals surface area contributed by atoms with Gasteiger partial charge in [0.05, 0.1) is 18.4 Å². The molecule has 0 saturated carbocycles. The second kappa shape index (κ2) is 3.43. The molecule has 0 amide bonds. The van der Waals surface area contributed by atoms with Crippen LogP contribution in [-0.2, 0) is 4.74 Å². The number of halogens is 2. The predicted molar refractivity (Wildman–Crippen MR) is 46.8 cm³/mol. The van der Waals surface area contributed by atoms with Crippen molar-refractivity contribution in [2.24, 2.45) is 0 Å². The molecule has 13 heavy (non-hydrogen) atoms. The molecule has 4 heteroatoms. The summed E-state index contributed by atoms with van der Waals surface area (Å²) < 4.78 is 30.6. The third-order valence-electron chi connectivity index (χ3n) is 1.63. The number of ether oxygens (including phenoxy) is 1. The third-order valence-corrected chi connectivity index (χ3v) is 1.63. The number of anilines is 1. The maximum atomic E-state index is 13.1. The molecule has 0 saturated heterocycles. The zero-order valence-corrected chi connectivity index (χ0v) is 7.10. The summed E-state index contributed by atoms with van der Waals surface area (Å²) in [5.41, 5.74) is 4.90. The summed E-state index contributed by atoms with van der Waals surface area (Å²) in [5.74, 6) is -1.27. The van der Waals surface area contributed by atoms with Gasteiger partial charge in [-0.3, -0.25) is 0 Å². The average Bonchev–Trinajstić information content (AvgIpc) is 2.10. The normalized spacial score (nSPS) is 9.77. The summed E-state index contributed by atoms with van der Waals surface area (Å²) in [4.78, 5) is 0. The van der Waals surface area contributed by atoms with Crippen LogP contribution in [0.25, 0.3) is 5.76 Å². The van der Waals surface area contributed by atoms with Crippen molar-refractivity contribution in [2.75, 3.05) is 12.8 Å². The molecule has 0 bridgehead atoms. The van der Waals surface area contributed by atoms with Gasteiger partial charge in [0.2, 0.25) is 0 Å². The molecule has 1 aromatic carbocycles. The Morgan fingerprint density at radius 1 is 1.38 bits per heavy atom. The van der Waals surface area contributed by atoms with Gasteiger partial charge in [0.1, 0.15) is 17.4 Å². The maximum Gasteiger partial charge on any atom is 0.147 e. The fourth-order valence-electron chi connectivity index (χ4n) is 0.886. The van der Waals surface area contributed by atoms with E-state index in [1.165, 1.54) is 7.11 Å². The first-order valence-corrected chi connectivity index (χ1v) is 3.54. The molecule has 0 aromatic heterocycles. The number of hydrogen-bond donors (Lipinski definition) is 1. The second-order valence-electron chi connectivity index (χ2n) is 2.48. The van der Waals surface area contributed by atoms with Gasteiger partial charge in [0.25, 0.3) is 0 Å². The van der Waals surface area contributed by atoms with Crippen molar-refractivity contribution in [1.82, 2.24) is 0 Å². The number of benzene rings is 1. The summed E-state index contributed by atoms with van der Waals surface area (Å²) in [6, 6.07) is 1.85. The van der Waals surface area contributed by atoms with Gasteiger partial charge < -0.3 is 10.5 Å². The molecule has 70 valence electrons. The van der Waals surface area contributed by atoms with E-state index >= 15 is 0 Å². The molecule has 0 aliphatic rings. The lowest BCUT2D eigenvalue weighted by Gasteiger charge is -2.06. The van der Waals surface area contributed by atoms with Crippen LogP contribution in [0, 0.1) is 11.6 Å². The number of hydrogen-bond acceptors (Lipinski definition) is 2. The Morgan fingerprint density at radius 2 is 2.00 bits per heavy atom. The Hall–Kier alpha value is -1.58. The van der Waals surface area contributed by atoms with Crippen molar-refractivity contribution < 1.29 is 13.5 Å². The standard InChI is InChI=1S/C9H9F2NO/c1-5(13-2)6-3-8(11)9(12)4-7(6)10/h3-4H,1,12H2,2H3. The van der Waals surface area contributed by atoms with Gasteiger partial charge in [-0.15, -0.1) is 0 Å². The maximum absolute atomic E-state index is 13.1. The fourth-order valence-corrected chi connectivity index (χ4v) is 0.886. The summed E-state index contributed by atoms with van der Waals surface area (Å²) in [7, 11) is 1.33. The summed E-state index contributed by atoms with van der Waals surface area (Å²) in [6.45, 7) is 3.41. The molecule has 0 spiro atoms. The first-order chi connectivity index (χ1) is 6.06. The van der Waals surface area contributed by atoms with Gasteiger partial charge in [0.15, 0.2) is 0 Å². The van der Waals surface area contributed by atoms with Crippen LogP contribution in [0.15, 0.2) is 18.7 Å². The molecule has 1 aromatic rings. The highest BCUT2D eigenvalue weighted by Crippen LogP contribution is 2.22. The van der Waals surface area contributed by atoms with Gasteiger partial charge in [-0.1, -0.05) is 6.58 Å². The molecular weight excluding hydrogens is 176 g/mol. The van der Waals surface area contributed by atoms with Gasteiger partial charge >= 0.3 is 0 Å². The Morgan fingerprint density at radius 3 is 2.54 bits per heavy atom. The lowest BCUT2D eigenvalue weighted by molar-refractivity contribution is 0.368. The number of nitrogen functional groups attached to an aromatic ring is 1. The minimum absolute atomic E-state index is 0.0193. The highest BCUT2D eigenvalue weighted by atomic mass is 19.1. The molecule has 0 heterocycles. The van der Waals surface area contributed by atoms with Crippen LogP contribution in [0.3, 0.4) is 0 Å². The van der Waals surface area contributed by atoms with Crippen LogP contribution in [0.4, 0.5) is 14.5 Å². The van der Waals surface area contributed by atoms with Gasteiger partial charge in [0, 0.05) is 6.07 Å². The molecule has 0 atom stereocenters. The summed E-state index contributed by atoms with van der Waals surface area (Å²) in [6.07, 6.45) is 0. The Balaban J connectivity index is 3.23. The lowest BCUT2D eigenvalue weighted by Crippen LogP contribution is -1.97. The molecule has 0 unspecified atom stereocenters. The van der Waals surface area contributed by atoms with Gasteiger partial charge in [-0.25, -0.2) is 8.78 Å². The molecule has 0 radical (unpaired) electrons. The minimum atomic E-state index is -0.686. The van der Waals surface area contributed by atoms with E-state index in [1.807, 2.05) is 0 Å². The number of nitrogens with two attached hydrogens (primary N) is 1. The molecule has 0 fully saturated rings. The van der Waals surface area contributed by atoms with E-state index in [0.29, 0.717) is 0 Å². The van der Waals surface area contributed by atoms with Crippen LogP contribution in [0.5, 0.6) is 0 Å². The lowest BCUT2D eigenvalue weighted by atomic mass is 10.1. The molecule has 2 N–H and O–H groups in total. The number of rotatable bonds is 2. The quantitative estimate of drug-likeness (QED) is 0.566. The minimum Gasteiger partial charge on any atom is -0.497 e. The van der Waals surface area contributed by atoms with E-state index in [9.17, 15) is 8.78 Å². The van der Waals surface area contributed by atoms with Crippen LogP contribution in [0.2, 0.25) is 0 Å². The van der Waals surface area contributed by atoms with Gasteiger partial charge in [-0.2, -0.15) is 0 Å². The molecule has 0 aliphatic heterocycles. The predicted octanol–water partition coefficient (Wildman–Crippen LogP) is 2.16. The monoisotopic (exact) mass is 185 g/mol.